The Morgan fingerprint density at radius 1 is 1.24 bits per heavy atom. The van der Waals surface area contributed by atoms with E-state index in [0.717, 1.165) is 25.7 Å². The molecule has 0 aromatic heterocycles. The molecule has 3 rings (SSSR count). The number of sulfonamides is 1. The topological polar surface area (TPSA) is 63.2 Å². The number of hydrogen-bond donors (Lipinski definition) is 1. The lowest BCUT2D eigenvalue weighted by molar-refractivity contribution is 0.0988. The predicted octanol–water partition coefficient (Wildman–Crippen LogP) is 2.75. The lowest BCUT2D eigenvalue weighted by Gasteiger charge is -2.18. The van der Waals surface area contributed by atoms with Crippen LogP contribution in [0.25, 0.3) is 0 Å². The molecule has 21 heavy (non-hydrogen) atoms. The number of carbonyl (C=O) groups excluding carboxylic acids is 1. The van der Waals surface area contributed by atoms with E-state index in [0.29, 0.717) is 23.8 Å². The summed E-state index contributed by atoms with van der Waals surface area (Å²) in [5.41, 5.74) is 0.467. The average molecular weight is 307 g/mol. The molecule has 0 radical (unpaired) electrons. The van der Waals surface area contributed by atoms with Crippen molar-refractivity contribution in [3.05, 3.63) is 29.8 Å². The summed E-state index contributed by atoms with van der Waals surface area (Å²) < 4.78 is 28.0. The number of benzene rings is 1. The van der Waals surface area contributed by atoms with Crippen LogP contribution in [-0.4, -0.2) is 20.2 Å². The lowest BCUT2D eigenvalue weighted by atomic mass is 10.1. The van der Waals surface area contributed by atoms with Crippen LogP contribution in [0.15, 0.2) is 29.2 Å². The summed E-state index contributed by atoms with van der Waals surface area (Å²) in [4.78, 5) is 11.9. The fourth-order valence-electron chi connectivity index (χ4n) is 2.78. The Kier molecular flexibility index (Phi) is 3.88. The molecule has 4 nitrogen and oxygen atoms in total. The highest BCUT2D eigenvalue weighted by Crippen LogP contribution is 2.45. The number of Topliss-reactive ketones (excluding diaryl/α,β-unsaturated/α-hetero) is 1. The van der Waals surface area contributed by atoms with Crippen LogP contribution in [0.3, 0.4) is 0 Å². The van der Waals surface area contributed by atoms with E-state index >= 15 is 0 Å². The number of hydrogen-bond acceptors (Lipinski definition) is 3. The molecule has 114 valence electrons. The molecule has 0 spiro atoms. The highest BCUT2D eigenvalue weighted by atomic mass is 32.2. The van der Waals surface area contributed by atoms with Gasteiger partial charge in [0.1, 0.15) is 0 Å². The van der Waals surface area contributed by atoms with E-state index in [4.69, 9.17) is 0 Å². The second-order valence-corrected chi connectivity index (χ2v) is 7.84. The van der Waals surface area contributed by atoms with Gasteiger partial charge in [0.05, 0.1) is 4.90 Å². The first-order valence-corrected chi connectivity index (χ1v) is 9.15. The third-order valence-corrected chi connectivity index (χ3v) is 5.80. The monoisotopic (exact) mass is 307 g/mol. The van der Waals surface area contributed by atoms with Gasteiger partial charge in [-0.3, -0.25) is 4.79 Å². The number of nitrogens with one attached hydrogen (secondary N) is 1. The van der Waals surface area contributed by atoms with Gasteiger partial charge in [0.15, 0.2) is 5.78 Å². The van der Waals surface area contributed by atoms with Crippen LogP contribution in [0, 0.1) is 11.8 Å². The Morgan fingerprint density at radius 2 is 1.86 bits per heavy atom. The van der Waals surface area contributed by atoms with Crippen molar-refractivity contribution in [2.24, 2.45) is 11.8 Å². The minimum atomic E-state index is -3.54. The van der Waals surface area contributed by atoms with Crippen molar-refractivity contribution >= 4 is 15.8 Å². The van der Waals surface area contributed by atoms with E-state index in [2.05, 4.69) is 4.72 Å². The maximum absolute atomic E-state index is 12.5. The molecule has 2 aliphatic rings. The average Bonchev–Trinajstić information content (AvgIpc) is 3.37. The van der Waals surface area contributed by atoms with Crippen molar-refractivity contribution in [1.29, 1.82) is 0 Å². The number of carbonyl (C=O) groups is 1. The van der Waals surface area contributed by atoms with E-state index in [1.165, 1.54) is 6.07 Å². The predicted molar refractivity (Wildman–Crippen MR) is 80.6 cm³/mol. The first-order valence-electron chi connectivity index (χ1n) is 7.67. The zero-order chi connectivity index (χ0) is 15.0. The van der Waals surface area contributed by atoms with Crippen LogP contribution in [0.1, 0.15) is 49.4 Å². The summed E-state index contributed by atoms with van der Waals surface area (Å²) in [6, 6.07) is 6.45. The summed E-state index contributed by atoms with van der Waals surface area (Å²) in [5, 5.41) is 0. The molecule has 0 saturated heterocycles. The molecule has 5 heteroatoms. The van der Waals surface area contributed by atoms with E-state index in [-0.39, 0.29) is 16.7 Å². The van der Waals surface area contributed by atoms with Crippen molar-refractivity contribution in [3.63, 3.8) is 0 Å². The largest absolute Gasteiger partial charge is 0.294 e. The first kappa shape index (κ1) is 14.7. The van der Waals surface area contributed by atoms with Crippen LogP contribution < -0.4 is 4.72 Å². The molecule has 0 atom stereocenters. The molecular formula is C16H21NO3S. The molecule has 0 unspecified atom stereocenters. The molecule has 1 aromatic carbocycles. The third-order valence-electron chi connectivity index (χ3n) is 4.34. The van der Waals surface area contributed by atoms with E-state index in [1.54, 1.807) is 25.1 Å². The minimum Gasteiger partial charge on any atom is -0.294 e. The second-order valence-electron chi connectivity index (χ2n) is 6.13. The van der Waals surface area contributed by atoms with Crippen molar-refractivity contribution in [1.82, 2.24) is 4.72 Å². The van der Waals surface area contributed by atoms with Gasteiger partial charge in [-0.2, -0.15) is 0 Å². The standard InChI is InChI=1S/C16H21NO3S/c1-2-15(18)13-4-3-5-14(10-13)21(19,20)17-16(11-6-7-11)12-8-9-12/h3-5,10-12,16-17H,2,6-9H2,1H3. The van der Waals surface area contributed by atoms with Gasteiger partial charge in [-0.05, 0) is 49.7 Å². The van der Waals surface area contributed by atoms with Gasteiger partial charge in [-0.25, -0.2) is 13.1 Å². The van der Waals surface area contributed by atoms with Gasteiger partial charge in [0, 0.05) is 18.0 Å². The SMILES string of the molecule is CCC(=O)c1cccc(S(=O)(=O)NC(C2CC2)C2CC2)c1. The molecule has 0 amide bonds. The number of rotatable bonds is 7. The Balaban J connectivity index is 1.82. The van der Waals surface area contributed by atoms with Crippen molar-refractivity contribution in [3.8, 4) is 0 Å². The first-order chi connectivity index (χ1) is 10.0. The van der Waals surface area contributed by atoms with Crippen molar-refractivity contribution in [2.45, 2.75) is 50.0 Å². The second kappa shape index (κ2) is 5.54. The van der Waals surface area contributed by atoms with Crippen molar-refractivity contribution < 1.29 is 13.2 Å². The lowest BCUT2D eigenvalue weighted by Crippen LogP contribution is -2.38. The molecule has 1 N–H and O–H groups in total. The van der Waals surface area contributed by atoms with Crippen molar-refractivity contribution in [2.75, 3.05) is 0 Å². The van der Waals surface area contributed by atoms with E-state index < -0.39 is 10.0 Å². The minimum absolute atomic E-state index is 0.0343. The normalized spacial score (nSPS) is 19.0. The molecule has 2 saturated carbocycles. The molecule has 0 heterocycles. The fourth-order valence-corrected chi connectivity index (χ4v) is 4.20. The highest BCUT2D eigenvalue weighted by molar-refractivity contribution is 7.89. The zero-order valence-electron chi connectivity index (χ0n) is 12.2. The highest BCUT2D eigenvalue weighted by Gasteiger charge is 2.43. The van der Waals surface area contributed by atoms with Gasteiger partial charge in [0.2, 0.25) is 10.0 Å². The molecule has 0 bridgehead atoms. The summed E-state index contributed by atoms with van der Waals surface area (Å²) >= 11 is 0. The van der Waals surface area contributed by atoms with E-state index in [1.807, 2.05) is 0 Å². The van der Waals surface area contributed by atoms with Gasteiger partial charge in [-0.1, -0.05) is 19.1 Å². The fraction of sp³-hybridized carbons (Fsp3) is 0.562. The van der Waals surface area contributed by atoms with Crippen LogP contribution in [0.4, 0.5) is 0 Å². The molecular weight excluding hydrogens is 286 g/mol. The summed E-state index contributed by atoms with van der Waals surface area (Å²) in [7, 11) is -3.54. The molecule has 0 aliphatic heterocycles. The summed E-state index contributed by atoms with van der Waals surface area (Å²) in [5.74, 6) is 0.980. The quantitative estimate of drug-likeness (QED) is 0.788. The maximum Gasteiger partial charge on any atom is 0.240 e. The summed E-state index contributed by atoms with van der Waals surface area (Å²) in [6.45, 7) is 1.78. The maximum atomic E-state index is 12.5. The van der Waals surface area contributed by atoms with Crippen LogP contribution in [-0.2, 0) is 10.0 Å². The van der Waals surface area contributed by atoms with Gasteiger partial charge in [-0.15, -0.1) is 0 Å². The van der Waals surface area contributed by atoms with Crippen LogP contribution >= 0.6 is 0 Å². The summed E-state index contributed by atoms with van der Waals surface area (Å²) in [6.07, 6.45) is 4.87. The van der Waals surface area contributed by atoms with Crippen LogP contribution in [0.2, 0.25) is 0 Å². The van der Waals surface area contributed by atoms with Crippen LogP contribution in [0.5, 0.6) is 0 Å². The zero-order valence-corrected chi connectivity index (χ0v) is 13.0. The molecule has 1 aromatic rings. The Labute approximate surface area is 126 Å². The third kappa shape index (κ3) is 3.35. The Hall–Kier alpha value is -1.20. The van der Waals surface area contributed by atoms with Gasteiger partial charge >= 0.3 is 0 Å². The van der Waals surface area contributed by atoms with Gasteiger partial charge < -0.3 is 0 Å². The smallest absolute Gasteiger partial charge is 0.240 e. The molecule has 2 fully saturated rings. The van der Waals surface area contributed by atoms with Gasteiger partial charge in [0.25, 0.3) is 0 Å². The molecule has 2 aliphatic carbocycles. The van der Waals surface area contributed by atoms with E-state index in [9.17, 15) is 13.2 Å². The Morgan fingerprint density at radius 3 is 2.38 bits per heavy atom. The number of ketones is 1. The Bertz CT molecular complexity index is 633.